The summed E-state index contributed by atoms with van der Waals surface area (Å²) in [6.07, 6.45) is -1.35. The van der Waals surface area contributed by atoms with Gasteiger partial charge in [-0.2, -0.15) is 18.4 Å². The summed E-state index contributed by atoms with van der Waals surface area (Å²) in [5.74, 6) is 0. The summed E-state index contributed by atoms with van der Waals surface area (Å²) in [5.41, 5.74) is 0.417. The van der Waals surface area contributed by atoms with Crippen LogP contribution in [0.4, 0.5) is 23.1 Å². The molecule has 0 unspecified atom stereocenters. The molecule has 2 aromatic rings. The summed E-state index contributed by atoms with van der Waals surface area (Å²) in [4.78, 5) is 16.0. The molecule has 0 fully saturated rings. The van der Waals surface area contributed by atoms with Gasteiger partial charge in [0.15, 0.2) is 5.13 Å². The maximum absolute atomic E-state index is 12.7. The number of halogens is 3. The van der Waals surface area contributed by atoms with Gasteiger partial charge in [0, 0.05) is 11.3 Å². The van der Waals surface area contributed by atoms with Crippen LogP contribution in [-0.2, 0) is 6.18 Å². The van der Waals surface area contributed by atoms with Crippen LogP contribution < -0.4 is 10.6 Å². The Morgan fingerprint density at radius 1 is 1.40 bits per heavy atom. The predicted octanol–water partition coefficient (Wildman–Crippen LogP) is 4.81. The van der Waals surface area contributed by atoms with Gasteiger partial charge in [-0.15, -0.1) is 0 Å². The minimum Gasteiger partial charge on any atom is -0.312 e. The summed E-state index contributed by atoms with van der Waals surface area (Å²) in [6.45, 7) is 3.30. The van der Waals surface area contributed by atoms with E-state index in [4.69, 9.17) is 5.26 Å². The molecule has 130 valence electrons. The number of alkyl halides is 3. The van der Waals surface area contributed by atoms with Crippen molar-refractivity contribution in [1.82, 2.24) is 10.3 Å². The van der Waals surface area contributed by atoms with Crippen molar-refractivity contribution in [3.05, 3.63) is 47.2 Å². The highest BCUT2D eigenvalue weighted by molar-refractivity contribution is 7.22. The second kappa shape index (κ2) is 7.36. The Kier molecular flexibility index (Phi) is 5.44. The molecule has 2 N–H and O–H groups in total. The van der Waals surface area contributed by atoms with E-state index in [1.807, 2.05) is 6.07 Å². The van der Waals surface area contributed by atoms with E-state index in [2.05, 4.69) is 15.6 Å². The minimum absolute atomic E-state index is 0.172. The molecule has 1 aromatic heterocycles. The Bertz CT molecular complexity index is 906. The van der Waals surface area contributed by atoms with Crippen LogP contribution in [0, 0.1) is 11.3 Å². The number of rotatable bonds is 3. The Morgan fingerprint density at radius 3 is 2.72 bits per heavy atom. The number of nitriles is 1. The molecule has 2 rings (SSSR count). The van der Waals surface area contributed by atoms with Crippen LogP contribution in [0.5, 0.6) is 0 Å². The highest BCUT2D eigenvalue weighted by Gasteiger charge is 2.30. The third-order valence-electron chi connectivity index (χ3n) is 3.06. The fourth-order valence-electron chi connectivity index (χ4n) is 1.91. The molecule has 0 aliphatic heterocycles. The largest absolute Gasteiger partial charge is 0.416 e. The summed E-state index contributed by atoms with van der Waals surface area (Å²) in [7, 11) is 0. The molecule has 1 heterocycles. The number of allylic oxidation sites excluding steroid dienone is 4. The number of aromatic nitrogens is 1. The van der Waals surface area contributed by atoms with Crippen molar-refractivity contribution in [2.45, 2.75) is 20.0 Å². The van der Waals surface area contributed by atoms with Gasteiger partial charge in [-0.3, -0.25) is 5.32 Å². The van der Waals surface area contributed by atoms with Crippen molar-refractivity contribution in [2.24, 2.45) is 0 Å². The lowest BCUT2D eigenvalue weighted by molar-refractivity contribution is -0.137. The van der Waals surface area contributed by atoms with Crippen LogP contribution in [0.3, 0.4) is 0 Å². The molecule has 5 nitrogen and oxygen atoms in total. The lowest BCUT2D eigenvalue weighted by Gasteiger charge is -2.05. The van der Waals surface area contributed by atoms with Gasteiger partial charge in [0.25, 0.3) is 0 Å². The van der Waals surface area contributed by atoms with Gasteiger partial charge in [0.2, 0.25) is 0 Å². The first-order valence-corrected chi connectivity index (χ1v) is 7.85. The van der Waals surface area contributed by atoms with E-state index in [1.165, 1.54) is 12.1 Å². The van der Waals surface area contributed by atoms with Crippen molar-refractivity contribution in [1.29, 1.82) is 5.26 Å². The van der Waals surface area contributed by atoms with E-state index in [-0.39, 0.29) is 5.13 Å². The average molecular weight is 366 g/mol. The minimum atomic E-state index is -4.43. The normalized spacial score (nSPS) is 12.8. The first kappa shape index (κ1) is 18.5. The van der Waals surface area contributed by atoms with Crippen LogP contribution in [0.15, 0.2) is 41.6 Å². The Balaban J connectivity index is 2.12. The molecular formula is C16H13F3N4OS. The zero-order valence-corrected chi connectivity index (χ0v) is 14.0. The lowest BCUT2D eigenvalue weighted by atomic mass is 10.2. The van der Waals surface area contributed by atoms with Crippen molar-refractivity contribution >= 4 is 32.7 Å². The SMILES string of the molecule is C/C=C(C#N)\C=C(/C)NC(=O)Nc1nc2ccc(C(F)(F)F)cc2s1. The van der Waals surface area contributed by atoms with Gasteiger partial charge in [-0.1, -0.05) is 17.4 Å². The fourth-order valence-corrected chi connectivity index (χ4v) is 2.81. The van der Waals surface area contributed by atoms with Crippen molar-refractivity contribution in [3.63, 3.8) is 0 Å². The van der Waals surface area contributed by atoms with Gasteiger partial charge in [0.05, 0.1) is 21.8 Å². The highest BCUT2D eigenvalue weighted by atomic mass is 32.1. The summed E-state index contributed by atoms with van der Waals surface area (Å²) >= 11 is 0.940. The van der Waals surface area contributed by atoms with Crippen LogP contribution >= 0.6 is 11.3 Å². The third kappa shape index (κ3) is 4.81. The summed E-state index contributed by atoms with van der Waals surface area (Å²) in [5, 5.41) is 14.0. The monoisotopic (exact) mass is 366 g/mol. The average Bonchev–Trinajstić information content (AvgIpc) is 2.92. The predicted molar refractivity (Wildman–Crippen MR) is 89.9 cm³/mol. The Hall–Kier alpha value is -2.86. The smallest absolute Gasteiger partial charge is 0.312 e. The van der Waals surface area contributed by atoms with Gasteiger partial charge in [-0.05, 0) is 38.1 Å². The zero-order valence-electron chi connectivity index (χ0n) is 13.2. The van der Waals surface area contributed by atoms with Gasteiger partial charge >= 0.3 is 12.2 Å². The third-order valence-corrected chi connectivity index (χ3v) is 3.99. The van der Waals surface area contributed by atoms with Gasteiger partial charge in [0.1, 0.15) is 0 Å². The summed E-state index contributed by atoms with van der Waals surface area (Å²) in [6, 6.07) is 4.55. The summed E-state index contributed by atoms with van der Waals surface area (Å²) < 4.78 is 38.4. The van der Waals surface area contributed by atoms with Crippen LogP contribution in [-0.4, -0.2) is 11.0 Å². The maximum Gasteiger partial charge on any atom is 0.416 e. The molecule has 0 spiro atoms. The molecule has 0 saturated carbocycles. The number of amides is 2. The molecule has 2 amide bonds. The number of urea groups is 1. The molecule has 25 heavy (non-hydrogen) atoms. The molecule has 9 heteroatoms. The highest BCUT2D eigenvalue weighted by Crippen LogP contribution is 2.34. The molecular weight excluding hydrogens is 353 g/mol. The number of fused-ring (bicyclic) bond motifs is 1. The Labute approximate surface area is 145 Å². The number of nitrogens with one attached hydrogen (secondary N) is 2. The standard InChI is InChI=1S/C16H13F3N4OS/c1-3-10(8-20)6-9(2)21-14(24)23-15-22-12-5-4-11(16(17,18)19)7-13(12)25-15/h3-7H,1-2H3,(H2,21,22,23,24)/b9-6+,10-3+. The molecule has 0 aliphatic carbocycles. The number of benzene rings is 1. The quantitative estimate of drug-likeness (QED) is 0.604. The number of hydrogen-bond acceptors (Lipinski definition) is 4. The number of thiazole rings is 1. The van der Waals surface area contributed by atoms with Crippen molar-refractivity contribution in [3.8, 4) is 6.07 Å². The van der Waals surface area contributed by atoms with E-state index in [0.717, 1.165) is 23.5 Å². The van der Waals surface area contributed by atoms with E-state index in [0.29, 0.717) is 21.5 Å². The first-order chi connectivity index (χ1) is 11.7. The number of carbonyl (C=O) groups is 1. The molecule has 0 radical (unpaired) electrons. The molecule has 0 saturated heterocycles. The van der Waals surface area contributed by atoms with Crippen molar-refractivity contribution < 1.29 is 18.0 Å². The molecule has 1 aromatic carbocycles. The number of carbonyl (C=O) groups excluding carboxylic acids is 1. The van der Waals surface area contributed by atoms with Gasteiger partial charge in [-0.25, -0.2) is 9.78 Å². The topological polar surface area (TPSA) is 77.8 Å². The lowest BCUT2D eigenvalue weighted by Crippen LogP contribution is -2.27. The van der Waals surface area contributed by atoms with Crippen LogP contribution in [0.1, 0.15) is 19.4 Å². The number of nitrogens with zero attached hydrogens (tertiary/aromatic N) is 2. The Morgan fingerprint density at radius 2 is 2.12 bits per heavy atom. The maximum atomic E-state index is 12.7. The second-order valence-corrected chi connectivity index (χ2v) is 5.99. The van der Waals surface area contributed by atoms with E-state index in [1.54, 1.807) is 19.9 Å². The zero-order chi connectivity index (χ0) is 18.6. The van der Waals surface area contributed by atoms with Crippen LogP contribution in [0.2, 0.25) is 0 Å². The number of anilines is 1. The van der Waals surface area contributed by atoms with Gasteiger partial charge < -0.3 is 5.32 Å². The molecule has 0 atom stereocenters. The van der Waals surface area contributed by atoms with Crippen molar-refractivity contribution in [2.75, 3.05) is 5.32 Å². The van der Waals surface area contributed by atoms with E-state index >= 15 is 0 Å². The fraction of sp³-hybridized carbons (Fsp3) is 0.188. The molecule has 0 bridgehead atoms. The number of hydrogen-bond donors (Lipinski definition) is 2. The first-order valence-electron chi connectivity index (χ1n) is 7.03. The second-order valence-electron chi connectivity index (χ2n) is 4.96. The van der Waals surface area contributed by atoms with E-state index < -0.39 is 17.8 Å². The van der Waals surface area contributed by atoms with Crippen LogP contribution in [0.25, 0.3) is 10.2 Å². The van der Waals surface area contributed by atoms with E-state index in [9.17, 15) is 18.0 Å². The molecule has 0 aliphatic rings.